The van der Waals surface area contributed by atoms with Crippen molar-refractivity contribution in [2.75, 3.05) is 12.8 Å². The van der Waals surface area contributed by atoms with Crippen LogP contribution in [0.4, 0.5) is 4.39 Å². The second-order valence-corrected chi connectivity index (χ2v) is 6.65. The van der Waals surface area contributed by atoms with E-state index in [0.29, 0.717) is 10.6 Å². The maximum absolute atomic E-state index is 13.2. The van der Waals surface area contributed by atoms with Crippen LogP contribution in [0.2, 0.25) is 0 Å². The van der Waals surface area contributed by atoms with Crippen molar-refractivity contribution >= 4 is 10.8 Å². The third kappa shape index (κ3) is 3.99. The Morgan fingerprint density at radius 2 is 1.90 bits per heavy atom. The van der Waals surface area contributed by atoms with Gasteiger partial charge in [0.1, 0.15) is 5.82 Å². The molecular weight excluding hydrogens is 285 g/mol. The quantitative estimate of drug-likeness (QED) is 0.916. The largest absolute Gasteiger partial charge is 0.312 e. The molecule has 112 valence electrons. The topological polar surface area (TPSA) is 29.1 Å². The van der Waals surface area contributed by atoms with Gasteiger partial charge in [0, 0.05) is 16.7 Å². The molecule has 0 heterocycles. The van der Waals surface area contributed by atoms with Crippen LogP contribution in [0, 0.1) is 19.7 Å². The highest BCUT2D eigenvalue weighted by Crippen LogP contribution is 2.20. The molecule has 2 atom stereocenters. The lowest BCUT2D eigenvalue weighted by Crippen LogP contribution is -2.23. The highest BCUT2D eigenvalue weighted by molar-refractivity contribution is 7.85. The third-order valence-electron chi connectivity index (χ3n) is 3.66. The van der Waals surface area contributed by atoms with E-state index in [1.54, 1.807) is 12.1 Å². The maximum atomic E-state index is 13.2. The highest BCUT2D eigenvalue weighted by Gasteiger charge is 2.15. The average molecular weight is 305 g/mol. The summed E-state index contributed by atoms with van der Waals surface area (Å²) in [5.41, 5.74) is 3.55. The summed E-state index contributed by atoms with van der Waals surface area (Å²) in [6.45, 7) is 4.13. The zero-order valence-electron chi connectivity index (χ0n) is 12.5. The Balaban J connectivity index is 2.18. The van der Waals surface area contributed by atoms with Crippen LogP contribution in [0.1, 0.15) is 22.7 Å². The minimum absolute atomic E-state index is 0.0200. The summed E-state index contributed by atoms with van der Waals surface area (Å²) in [4.78, 5) is 0.527. The molecule has 0 fully saturated rings. The van der Waals surface area contributed by atoms with E-state index in [4.69, 9.17) is 0 Å². The van der Waals surface area contributed by atoms with E-state index < -0.39 is 10.8 Å². The van der Waals surface area contributed by atoms with Gasteiger partial charge in [-0.05, 0) is 55.8 Å². The third-order valence-corrected chi connectivity index (χ3v) is 5.07. The second kappa shape index (κ2) is 6.96. The molecule has 0 bridgehead atoms. The van der Waals surface area contributed by atoms with Crippen LogP contribution in [-0.2, 0) is 10.8 Å². The smallest absolute Gasteiger partial charge is 0.124 e. The van der Waals surface area contributed by atoms with Gasteiger partial charge in [-0.1, -0.05) is 24.3 Å². The summed E-state index contributed by atoms with van der Waals surface area (Å²) < 4.78 is 25.6. The molecular formula is C17H20FNOS. The molecule has 2 rings (SSSR count). The highest BCUT2D eigenvalue weighted by atomic mass is 32.2. The first-order valence-electron chi connectivity index (χ1n) is 6.89. The van der Waals surface area contributed by atoms with Gasteiger partial charge in [0.25, 0.3) is 0 Å². The van der Waals surface area contributed by atoms with Gasteiger partial charge in [0.05, 0.1) is 10.8 Å². The standard InChI is InChI=1S/C17H20FNOS/c1-12-7-8-14(9-13(12)2)17(19-3)11-21(20)16-6-4-5-15(18)10-16/h4-10,17,19H,11H2,1-3H3. The molecule has 2 aromatic carbocycles. The van der Waals surface area contributed by atoms with E-state index in [2.05, 4.69) is 31.3 Å². The van der Waals surface area contributed by atoms with E-state index in [1.807, 2.05) is 13.1 Å². The summed E-state index contributed by atoms with van der Waals surface area (Å²) in [5, 5.41) is 3.19. The van der Waals surface area contributed by atoms with Crippen molar-refractivity contribution in [3.63, 3.8) is 0 Å². The van der Waals surface area contributed by atoms with Gasteiger partial charge in [-0.2, -0.15) is 0 Å². The van der Waals surface area contributed by atoms with E-state index in [9.17, 15) is 8.60 Å². The normalized spacial score (nSPS) is 13.9. The Morgan fingerprint density at radius 3 is 2.52 bits per heavy atom. The molecule has 2 aromatic rings. The van der Waals surface area contributed by atoms with Gasteiger partial charge in [-0.25, -0.2) is 4.39 Å². The van der Waals surface area contributed by atoms with Gasteiger partial charge in [-0.3, -0.25) is 4.21 Å². The van der Waals surface area contributed by atoms with Crippen LogP contribution in [0.5, 0.6) is 0 Å². The predicted octanol–water partition coefficient (Wildman–Crippen LogP) is 3.51. The Hall–Kier alpha value is -1.52. The molecule has 2 nitrogen and oxygen atoms in total. The number of hydrogen-bond acceptors (Lipinski definition) is 2. The van der Waals surface area contributed by atoms with E-state index in [-0.39, 0.29) is 11.9 Å². The lowest BCUT2D eigenvalue weighted by atomic mass is 10.0. The fourth-order valence-electron chi connectivity index (χ4n) is 2.18. The second-order valence-electron chi connectivity index (χ2n) is 5.15. The monoisotopic (exact) mass is 305 g/mol. The number of hydrogen-bond donors (Lipinski definition) is 1. The van der Waals surface area contributed by atoms with Crippen molar-refractivity contribution in [2.45, 2.75) is 24.8 Å². The van der Waals surface area contributed by atoms with Gasteiger partial charge in [0.15, 0.2) is 0 Å². The zero-order chi connectivity index (χ0) is 15.4. The zero-order valence-corrected chi connectivity index (χ0v) is 13.3. The van der Waals surface area contributed by atoms with Crippen LogP contribution in [0.15, 0.2) is 47.4 Å². The van der Waals surface area contributed by atoms with E-state index >= 15 is 0 Å². The molecule has 2 unspecified atom stereocenters. The molecule has 0 spiro atoms. The molecule has 0 aliphatic carbocycles. The summed E-state index contributed by atoms with van der Waals surface area (Å²) in [6.07, 6.45) is 0. The maximum Gasteiger partial charge on any atom is 0.124 e. The Morgan fingerprint density at radius 1 is 1.14 bits per heavy atom. The van der Waals surface area contributed by atoms with Crippen molar-refractivity contribution in [3.05, 3.63) is 65.0 Å². The number of nitrogens with one attached hydrogen (secondary N) is 1. The molecule has 0 amide bonds. The van der Waals surface area contributed by atoms with Crippen molar-refractivity contribution in [1.29, 1.82) is 0 Å². The van der Waals surface area contributed by atoms with Crippen molar-refractivity contribution in [1.82, 2.24) is 5.32 Å². The Kier molecular flexibility index (Phi) is 5.26. The average Bonchev–Trinajstić information content (AvgIpc) is 2.47. The van der Waals surface area contributed by atoms with E-state index in [1.165, 1.54) is 23.3 Å². The van der Waals surface area contributed by atoms with Crippen molar-refractivity contribution in [3.8, 4) is 0 Å². The van der Waals surface area contributed by atoms with Gasteiger partial charge in [0.2, 0.25) is 0 Å². The molecule has 0 aliphatic heterocycles. The molecule has 0 radical (unpaired) electrons. The molecule has 4 heteroatoms. The van der Waals surface area contributed by atoms with Crippen molar-refractivity contribution in [2.24, 2.45) is 0 Å². The van der Waals surface area contributed by atoms with Crippen molar-refractivity contribution < 1.29 is 8.60 Å². The molecule has 0 aromatic heterocycles. The minimum Gasteiger partial charge on any atom is -0.312 e. The van der Waals surface area contributed by atoms with Crippen LogP contribution in [0.3, 0.4) is 0 Å². The fourth-order valence-corrected chi connectivity index (χ4v) is 3.51. The van der Waals surface area contributed by atoms with Crippen LogP contribution in [-0.4, -0.2) is 17.0 Å². The number of benzene rings is 2. The summed E-state index contributed by atoms with van der Waals surface area (Å²) in [6, 6.07) is 12.2. The van der Waals surface area contributed by atoms with Gasteiger partial charge in [-0.15, -0.1) is 0 Å². The fraction of sp³-hybridized carbons (Fsp3) is 0.294. The molecule has 0 aliphatic rings. The van der Waals surface area contributed by atoms with Crippen LogP contribution in [0.25, 0.3) is 0 Å². The number of halogens is 1. The van der Waals surface area contributed by atoms with Gasteiger partial charge < -0.3 is 5.32 Å². The first kappa shape index (κ1) is 15.9. The Labute approximate surface area is 127 Å². The molecule has 0 saturated heterocycles. The number of rotatable bonds is 5. The summed E-state index contributed by atoms with van der Waals surface area (Å²) in [5.74, 6) is 0.0654. The SMILES string of the molecule is CNC(CS(=O)c1cccc(F)c1)c1ccc(C)c(C)c1. The summed E-state index contributed by atoms with van der Waals surface area (Å²) >= 11 is 0. The lowest BCUT2D eigenvalue weighted by Gasteiger charge is -2.17. The lowest BCUT2D eigenvalue weighted by molar-refractivity contribution is 0.619. The molecule has 21 heavy (non-hydrogen) atoms. The summed E-state index contributed by atoms with van der Waals surface area (Å²) in [7, 11) is 0.611. The van der Waals surface area contributed by atoms with E-state index in [0.717, 1.165) is 5.56 Å². The molecule has 0 saturated carbocycles. The minimum atomic E-state index is -1.24. The van der Waals surface area contributed by atoms with Crippen LogP contribution < -0.4 is 5.32 Å². The number of aryl methyl sites for hydroxylation is 2. The predicted molar refractivity (Wildman–Crippen MR) is 85.4 cm³/mol. The first-order valence-corrected chi connectivity index (χ1v) is 8.21. The Bertz CT molecular complexity index is 657. The van der Waals surface area contributed by atoms with Crippen LogP contribution >= 0.6 is 0 Å². The molecule has 1 N–H and O–H groups in total. The van der Waals surface area contributed by atoms with Gasteiger partial charge >= 0.3 is 0 Å². The first-order chi connectivity index (χ1) is 10.0.